The second-order valence-corrected chi connectivity index (χ2v) is 5.10. The summed E-state index contributed by atoms with van der Waals surface area (Å²) >= 11 is 0. The van der Waals surface area contributed by atoms with E-state index in [9.17, 15) is 9.59 Å². The van der Waals surface area contributed by atoms with Crippen molar-refractivity contribution < 1.29 is 19.4 Å². The molecule has 0 aromatic heterocycles. The van der Waals surface area contributed by atoms with E-state index in [4.69, 9.17) is 9.84 Å². The van der Waals surface area contributed by atoms with Gasteiger partial charge in [-0.1, -0.05) is 12.1 Å². The average molecular weight is 291 g/mol. The van der Waals surface area contributed by atoms with E-state index in [2.05, 4.69) is 0 Å². The molecule has 0 atom stereocenters. The summed E-state index contributed by atoms with van der Waals surface area (Å²) in [6.07, 6.45) is 3.01. The number of nitrogens with zero attached hydrogens (tertiary/aromatic N) is 1. The zero-order valence-electron chi connectivity index (χ0n) is 12.8. The Morgan fingerprint density at radius 3 is 2.33 bits per heavy atom. The highest BCUT2D eigenvalue weighted by Gasteiger charge is 2.34. The highest BCUT2D eigenvalue weighted by molar-refractivity contribution is 5.95. The summed E-state index contributed by atoms with van der Waals surface area (Å²) in [7, 11) is 1.47. The fourth-order valence-electron chi connectivity index (χ4n) is 1.54. The molecule has 0 aliphatic heterocycles. The lowest BCUT2D eigenvalue weighted by Crippen LogP contribution is -2.50. The first-order valence-corrected chi connectivity index (χ1v) is 6.71. The van der Waals surface area contributed by atoms with Gasteiger partial charge in [0.05, 0.1) is 6.61 Å². The van der Waals surface area contributed by atoms with Crippen LogP contribution in [0.1, 0.15) is 26.3 Å². The van der Waals surface area contributed by atoms with Crippen molar-refractivity contribution in [3.05, 3.63) is 35.9 Å². The van der Waals surface area contributed by atoms with E-state index in [1.165, 1.54) is 31.9 Å². The van der Waals surface area contributed by atoms with Crippen molar-refractivity contribution in [1.82, 2.24) is 4.90 Å². The Kier molecular flexibility index (Phi) is 5.52. The summed E-state index contributed by atoms with van der Waals surface area (Å²) in [5.41, 5.74) is -0.409. The number of amides is 1. The molecule has 0 bridgehead atoms. The third kappa shape index (κ3) is 4.34. The van der Waals surface area contributed by atoms with Crippen molar-refractivity contribution >= 4 is 18.0 Å². The molecule has 0 fully saturated rings. The van der Waals surface area contributed by atoms with Crippen LogP contribution in [-0.2, 0) is 9.59 Å². The van der Waals surface area contributed by atoms with Crippen LogP contribution in [0, 0.1) is 0 Å². The van der Waals surface area contributed by atoms with Crippen LogP contribution in [0.5, 0.6) is 5.75 Å². The zero-order valence-corrected chi connectivity index (χ0v) is 12.8. The molecule has 1 aromatic rings. The van der Waals surface area contributed by atoms with Gasteiger partial charge in [-0.05, 0) is 44.5 Å². The third-order valence-electron chi connectivity index (χ3n) is 3.30. The summed E-state index contributed by atoms with van der Waals surface area (Å²) in [5.74, 6) is -0.644. The van der Waals surface area contributed by atoms with Gasteiger partial charge in [-0.15, -0.1) is 0 Å². The van der Waals surface area contributed by atoms with Crippen molar-refractivity contribution in [3.63, 3.8) is 0 Å². The second kappa shape index (κ2) is 6.92. The molecule has 5 heteroatoms. The largest absolute Gasteiger partial charge is 0.494 e. The number of hydrogen-bond acceptors (Lipinski definition) is 3. The molecule has 1 amide bonds. The Morgan fingerprint density at radius 1 is 1.29 bits per heavy atom. The van der Waals surface area contributed by atoms with E-state index in [0.29, 0.717) is 6.61 Å². The predicted molar refractivity (Wildman–Crippen MR) is 81.1 cm³/mol. The van der Waals surface area contributed by atoms with E-state index >= 15 is 0 Å². The van der Waals surface area contributed by atoms with E-state index in [0.717, 1.165) is 11.3 Å². The van der Waals surface area contributed by atoms with Crippen LogP contribution in [-0.4, -0.2) is 41.1 Å². The monoisotopic (exact) mass is 291 g/mol. The lowest BCUT2D eigenvalue weighted by Gasteiger charge is -2.30. The number of benzene rings is 1. The first-order valence-electron chi connectivity index (χ1n) is 6.71. The van der Waals surface area contributed by atoms with Crippen molar-refractivity contribution in [2.45, 2.75) is 26.3 Å². The molecule has 5 nitrogen and oxygen atoms in total. The van der Waals surface area contributed by atoms with Crippen LogP contribution >= 0.6 is 0 Å². The van der Waals surface area contributed by atoms with Gasteiger partial charge in [-0.3, -0.25) is 4.79 Å². The van der Waals surface area contributed by atoms with Crippen LogP contribution in [0.4, 0.5) is 0 Å². The van der Waals surface area contributed by atoms with Crippen LogP contribution in [0.3, 0.4) is 0 Å². The Hall–Kier alpha value is -2.30. The molecule has 0 spiro atoms. The van der Waals surface area contributed by atoms with Gasteiger partial charge >= 0.3 is 5.97 Å². The lowest BCUT2D eigenvalue weighted by molar-refractivity contribution is -0.153. The minimum absolute atomic E-state index is 0.365. The maximum Gasteiger partial charge on any atom is 0.329 e. The average Bonchev–Trinajstić information content (AvgIpc) is 2.45. The number of carbonyl (C=O) groups is 2. The van der Waals surface area contributed by atoms with Gasteiger partial charge in [0.15, 0.2) is 0 Å². The quantitative estimate of drug-likeness (QED) is 0.817. The normalized spacial score (nSPS) is 11.4. The minimum atomic E-state index is -1.25. The molecular weight excluding hydrogens is 270 g/mol. The lowest BCUT2D eigenvalue weighted by atomic mass is 10.0. The maximum absolute atomic E-state index is 12.0. The van der Waals surface area contributed by atoms with Crippen LogP contribution < -0.4 is 4.74 Å². The van der Waals surface area contributed by atoms with Crippen LogP contribution in [0.25, 0.3) is 6.08 Å². The number of hydrogen-bond donors (Lipinski definition) is 1. The smallest absolute Gasteiger partial charge is 0.329 e. The summed E-state index contributed by atoms with van der Waals surface area (Å²) in [6.45, 7) is 5.48. The number of likely N-dealkylation sites (N-methyl/N-ethyl adjacent to an activating group) is 1. The summed E-state index contributed by atoms with van der Waals surface area (Å²) in [4.78, 5) is 24.3. The van der Waals surface area contributed by atoms with E-state index in [1.807, 2.05) is 31.2 Å². The Balaban J connectivity index is 2.76. The zero-order chi connectivity index (χ0) is 16.0. The fraction of sp³-hybridized carbons (Fsp3) is 0.375. The highest BCUT2D eigenvalue weighted by atomic mass is 16.5. The summed E-state index contributed by atoms with van der Waals surface area (Å²) in [6, 6.07) is 7.30. The molecule has 0 aliphatic carbocycles. The Bertz CT molecular complexity index is 532. The molecule has 1 N–H and O–H groups in total. The molecular formula is C16H21NO4. The highest BCUT2D eigenvalue weighted by Crippen LogP contribution is 2.15. The molecule has 0 heterocycles. The number of carboxylic acids is 1. The molecule has 0 unspecified atom stereocenters. The second-order valence-electron chi connectivity index (χ2n) is 5.10. The number of rotatable bonds is 6. The minimum Gasteiger partial charge on any atom is -0.494 e. The first kappa shape index (κ1) is 16.8. The number of ether oxygens (including phenoxy) is 1. The van der Waals surface area contributed by atoms with Gasteiger partial charge in [-0.2, -0.15) is 0 Å². The molecule has 0 saturated carbocycles. The molecule has 0 saturated heterocycles. The van der Waals surface area contributed by atoms with E-state index < -0.39 is 11.5 Å². The number of aliphatic carboxylic acids is 1. The van der Waals surface area contributed by atoms with Gasteiger partial charge < -0.3 is 14.7 Å². The van der Waals surface area contributed by atoms with E-state index in [1.54, 1.807) is 6.08 Å². The van der Waals surface area contributed by atoms with Gasteiger partial charge in [-0.25, -0.2) is 4.79 Å². The van der Waals surface area contributed by atoms with Gasteiger partial charge in [0.1, 0.15) is 11.3 Å². The molecule has 21 heavy (non-hydrogen) atoms. The molecule has 114 valence electrons. The summed E-state index contributed by atoms with van der Waals surface area (Å²) in [5, 5.41) is 9.09. The third-order valence-corrected chi connectivity index (χ3v) is 3.30. The SMILES string of the molecule is CCOc1ccc(C=CC(=O)N(C)C(C)(C)C(=O)O)cc1. The Labute approximate surface area is 124 Å². The standard InChI is InChI=1S/C16H21NO4/c1-5-21-13-9-6-12(7-10-13)8-11-14(18)17(4)16(2,3)15(19)20/h6-11H,5H2,1-4H3,(H,19,20). The van der Waals surface area contributed by atoms with Gasteiger partial charge in [0.25, 0.3) is 0 Å². The van der Waals surface area contributed by atoms with Gasteiger partial charge in [0, 0.05) is 13.1 Å². The number of carbonyl (C=O) groups excluding carboxylic acids is 1. The topological polar surface area (TPSA) is 66.8 Å². The number of carboxylic acid groups (broad SMARTS) is 1. The van der Waals surface area contributed by atoms with E-state index in [-0.39, 0.29) is 5.91 Å². The molecule has 0 radical (unpaired) electrons. The van der Waals surface area contributed by atoms with Crippen molar-refractivity contribution in [2.75, 3.05) is 13.7 Å². The molecule has 1 rings (SSSR count). The van der Waals surface area contributed by atoms with Crippen molar-refractivity contribution in [1.29, 1.82) is 0 Å². The predicted octanol–water partition coefficient (Wildman–Crippen LogP) is 2.42. The van der Waals surface area contributed by atoms with Crippen LogP contribution in [0.15, 0.2) is 30.3 Å². The maximum atomic E-state index is 12.0. The first-order chi connectivity index (χ1) is 9.78. The molecule has 1 aromatic carbocycles. The van der Waals surface area contributed by atoms with Crippen LogP contribution in [0.2, 0.25) is 0 Å². The molecule has 0 aliphatic rings. The van der Waals surface area contributed by atoms with Gasteiger partial charge in [0.2, 0.25) is 5.91 Å². The fourth-order valence-corrected chi connectivity index (χ4v) is 1.54. The summed E-state index contributed by atoms with van der Waals surface area (Å²) < 4.78 is 5.33. The van der Waals surface area contributed by atoms with Crippen molar-refractivity contribution in [2.24, 2.45) is 0 Å². The van der Waals surface area contributed by atoms with Crippen molar-refractivity contribution in [3.8, 4) is 5.75 Å². The Morgan fingerprint density at radius 2 is 1.86 bits per heavy atom.